The Balaban J connectivity index is 1.70. The first kappa shape index (κ1) is 16.6. The highest BCUT2D eigenvalue weighted by molar-refractivity contribution is 5.81. The molecule has 1 fully saturated rings. The highest BCUT2D eigenvalue weighted by atomic mass is 19.1. The lowest BCUT2D eigenvalue weighted by molar-refractivity contribution is -0.410. The van der Waals surface area contributed by atoms with Crippen molar-refractivity contribution in [3.8, 4) is 11.3 Å². The smallest absolute Gasteiger partial charge is 0.281 e. The zero-order valence-corrected chi connectivity index (χ0v) is 13.9. The van der Waals surface area contributed by atoms with Crippen LogP contribution in [0.5, 0.6) is 0 Å². The predicted molar refractivity (Wildman–Crippen MR) is 90.9 cm³/mol. The van der Waals surface area contributed by atoms with Crippen molar-refractivity contribution in [3.05, 3.63) is 54.2 Å². The number of benzene rings is 1. The van der Waals surface area contributed by atoms with Gasteiger partial charge in [0.25, 0.3) is 5.91 Å². The van der Waals surface area contributed by atoms with Gasteiger partial charge in [-0.15, -0.1) is 0 Å². The number of carbonyl (C=O) groups is 1. The molecule has 4 nitrogen and oxygen atoms in total. The van der Waals surface area contributed by atoms with E-state index in [0.29, 0.717) is 13.0 Å². The van der Waals surface area contributed by atoms with Gasteiger partial charge in [0.2, 0.25) is 0 Å². The summed E-state index contributed by atoms with van der Waals surface area (Å²) in [5.74, 6) is -0.0783. The fourth-order valence-electron chi connectivity index (χ4n) is 3.09. The van der Waals surface area contributed by atoms with Gasteiger partial charge in [-0.3, -0.25) is 9.78 Å². The third kappa shape index (κ3) is 3.46. The monoisotopic (exact) mass is 328 g/mol. The largest absolute Gasteiger partial charge is 0.347 e. The topological polar surface area (TPSA) is 60.8 Å². The molecule has 1 aliphatic rings. The number of aromatic nitrogens is 1. The number of pyridine rings is 1. The standard InChI is InChI=1S/C19H22FN3O/c1-13(18(21)19(24)23-11-9-16(20)12-23)14-5-7-15(8-6-14)17-4-2-3-10-22-17/h2-8,10,13,16,18H,9,11-12,21H2,1H3/p+1/t13-,16-,18-/m0/s1. The van der Waals surface area contributed by atoms with E-state index in [2.05, 4.69) is 10.7 Å². The van der Waals surface area contributed by atoms with Gasteiger partial charge in [-0.25, -0.2) is 4.39 Å². The molecular formula is C19H23FN3O+. The Bertz CT molecular complexity index is 690. The Hall–Kier alpha value is -2.27. The van der Waals surface area contributed by atoms with Crippen molar-refractivity contribution >= 4 is 5.91 Å². The van der Waals surface area contributed by atoms with E-state index in [9.17, 15) is 9.18 Å². The molecule has 0 saturated carbocycles. The molecule has 0 radical (unpaired) electrons. The molecule has 0 spiro atoms. The summed E-state index contributed by atoms with van der Waals surface area (Å²) in [4.78, 5) is 18.4. The van der Waals surface area contributed by atoms with Crippen LogP contribution < -0.4 is 5.73 Å². The number of nitrogens with zero attached hydrogens (tertiary/aromatic N) is 2. The fourth-order valence-corrected chi connectivity index (χ4v) is 3.09. The zero-order chi connectivity index (χ0) is 17.1. The van der Waals surface area contributed by atoms with Gasteiger partial charge in [0.1, 0.15) is 6.17 Å². The molecule has 0 bridgehead atoms. The second kappa shape index (κ2) is 7.09. The molecule has 3 N–H and O–H groups in total. The van der Waals surface area contributed by atoms with Crippen LogP contribution in [0.25, 0.3) is 11.3 Å². The fraction of sp³-hybridized carbons (Fsp3) is 0.368. The van der Waals surface area contributed by atoms with Crippen LogP contribution >= 0.6 is 0 Å². The lowest BCUT2D eigenvalue weighted by atomic mass is 9.92. The van der Waals surface area contributed by atoms with Crippen molar-refractivity contribution in [2.24, 2.45) is 0 Å². The molecule has 3 atom stereocenters. The quantitative estimate of drug-likeness (QED) is 0.933. The Morgan fingerprint density at radius 2 is 2.04 bits per heavy atom. The van der Waals surface area contributed by atoms with E-state index in [1.165, 1.54) is 0 Å². The number of hydrogen-bond donors (Lipinski definition) is 1. The Kier molecular flexibility index (Phi) is 4.90. The van der Waals surface area contributed by atoms with Crippen LogP contribution in [0, 0.1) is 0 Å². The second-order valence-electron chi connectivity index (χ2n) is 6.40. The Labute approximate surface area is 141 Å². The molecule has 1 amide bonds. The summed E-state index contributed by atoms with van der Waals surface area (Å²) in [7, 11) is 0. The van der Waals surface area contributed by atoms with Crippen LogP contribution in [0.1, 0.15) is 24.8 Å². The SMILES string of the molecule is C[C@@H](c1ccc(-c2ccccn2)cc1)[C@H]([NH3+])C(=O)N1CC[C@H](F)C1. The first-order valence-electron chi connectivity index (χ1n) is 8.33. The van der Waals surface area contributed by atoms with Crippen LogP contribution in [-0.4, -0.2) is 41.1 Å². The molecular weight excluding hydrogens is 305 g/mol. The van der Waals surface area contributed by atoms with Gasteiger partial charge in [0, 0.05) is 24.2 Å². The van der Waals surface area contributed by atoms with E-state index >= 15 is 0 Å². The summed E-state index contributed by atoms with van der Waals surface area (Å²) in [6, 6.07) is 13.5. The van der Waals surface area contributed by atoms with Crippen LogP contribution in [0.2, 0.25) is 0 Å². The molecule has 2 heterocycles. The number of halogens is 1. The van der Waals surface area contributed by atoms with Gasteiger partial charge < -0.3 is 10.6 Å². The molecule has 5 heteroatoms. The van der Waals surface area contributed by atoms with E-state index in [0.717, 1.165) is 16.8 Å². The van der Waals surface area contributed by atoms with Crippen molar-refractivity contribution in [3.63, 3.8) is 0 Å². The number of amides is 1. The number of hydrogen-bond acceptors (Lipinski definition) is 2. The maximum atomic E-state index is 13.3. The Morgan fingerprint density at radius 3 is 2.62 bits per heavy atom. The highest BCUT2D eigenvalue weighted by Crippen LogP contribution is 2.24. The first-order chi connectivity index (χ1) is 11.6. The van der Waals surface area contributed by atoms with Crippen molar-refractivity contribution in [1.82, 2.24) is 9.88 Å². The Morgan fingerprint density at radius 1 is 1.29 bits per heavy atom. The molecule has 2 aromatic rings. The minimum Gasteiger partial charge on any atom is -0.347 e. The third-order valence-electron chi connectivity index (χ3n) is 4.76. The van der Waals surface area contributed by atoms with E-state index in [1.807, 2.05) is 49.4 Å². The molecule has 1 aliphatic heterocycles. The number of likely N-dealkylation sites (tertiary alicyclic amines) is 1. The number of rotatable bonds is 4. The third-order valence-corrected chi connectivity index (χ3v) is 4.76. The van der Waals surface area contributed by atoms with Gasteiger partial charge in [0.05, 0.1) is 12.2 Å². The number of carbonyl (C=O) groups excluding carboxylic acids is 1. The predicted octanol–water partition coefficient (Wildman–Crippen LogP) is 2.03. The molecule has 1 aromatic carbocycles. The first-order valence-corrected chi connectivity index (χ1v) is 8.33. The van der Waals surface area contributed by atoms with Crippen molar-refractivity contribution in [1.29, 1.82) is 0 Å². The minimum absolute atomic E-state index is 0.0195. The highest BCUT2D eigenvalue weighted by Gasteiger charge is 2.34. The van der Waals surface area contributed by atoms with Crippen LogP contribution in [0.3, 0.4) is 0 Å². The molecule has 24 heavy (non-hydrogen) atoms. The molecule has 0 unspecified atom stereocenters. The lowest BCUT2D eigenvalue weighted by Gasteiger charge is -2.22. The van der Waals surface area contributed by atoms with Crippen molar-refractivity contribution in [2.45, 2.75) is 31.5 Å². The van der Waals surface area contributed by atoms with Crippen molar-refractivity contribution < 1.29 is 14.9 Å². The normalized spacial score (nSPS) is 20.0. The van der Waals surface area contributed by atoms with Gasteiger partial charge >= 0.3 is 0 Å². The maximum Gasteiger partial charge on any atom is 0.281 e. The summed E-state index contributed by atoms with van der Waals surface area (Å²) in [6.07, 6.45) is 1.31. The van der Waals surface area contributed by atoms with Gasteiger partial charge in [-0.2, -0.15) is 0 Å². The van der Waals surface area contributed by atoms with Crippen LogP contribution in [-0.2, 0) is 4.79 Å². The second-order valence-corrected chi connectivity index (χ2v) is 6.40. The van der Waals surface area contributed by atoms with E-state index in [1.54, 1.807) is 11.1 Å². The van der Waals surface area contributed by atoms with E-state index < -0.39 is 12.2 Å². The molecule has 126 valence electrons. The van der Waals surface area contributed by atoms with Crippen molar-refractivity contribution in [2.75, 3.05) is 13.1 Å². The van der Waals surface area contributed by atoms with Crippen LogP contribution in [0.4, 0.5) is 4.39 Å². The zero-order valence-electron chi connectivity index (χ0n) is 13.9. The lowest BCUT2D eigenvalue weighted by Crippen LogP contribution is -2.69. The van der Waals surface area contributed by atoms with Gasteiger partial charge in [-0.05, 0) is 24.1 Å². The number of quaternary nitrogens is 1. The molecule has 1 saturated heterocycles. The van der Waals surface area contributed by atoms with Crippen LogP contribution in [0.15, 0.2) is 48.7 Å². The van der Waals surface area contributed by atoms with E-state index in [4.69, 9.17) is 0 Å². The summed E-state index contributed by atoms with van der Waals surface area (Å²) in [6.45, 7) is 2.70. The summed E-state index contributed by atoms with van der Waals surface area (Å²) >= 11 is 0. The van der Waals surface area contributed by atoms with E-state index in [-0.39, 0.29) is 18.4 Å². The molecule has 1 aromatic heterocycles. The summed E-state index contributed by atoms with van der Waals surface area (Å²) in [5.41, 5.74) is 7.05. The average molecular weight is 328 g/mol. The molecule has 3 rings (SSSR count). The minimum atomic E-state index is -0.894. The van der Waals surface area contributed by atoms with Gasteiger partial charge in [-0.1, -0.05) is 37.3 Å². The van der Waals surface area contributed by atoms with Gasteiger partial charge in [0.15, 0.2) is 6.04 Å². The average Bonchev–Trinajstić information content (AvgIpc) is 3.07. The summed E-state index contributed by atoms with van der Waals surface area (Å²) in [5, 5.41) is 0. The molecule has 0 aliphatic carbocycles. The number of alkyl halides is 1. The maximum absolute atomic E-state index is 13.3. The summed E-state index contributed by atoms with van der Waals surface area (Å²) < 4.78 is 13.3.